The lowest BCUT2D eigenvalue weighted by atomic mass is 10.2. The second-order valence-corrected chi connectivity index (χ2v) is 5.87. The van der Waals surface area contributed by atoms with E-state index in [0.29, 0.717) is 10.0 Å². The van der Waals surface area contributed by atoms with Crippen LogP contribution in [0.3, 0.4) is 0 Å². The fourth-order valence-electron chi connectivity index (χ4n) is 0.678. The molecule has 0 fully saturated rings. The predicted octanol–water partition coefficient (Wildman–Crippen LogP) is 4.78. The number of alkyl halides is 2. The molecule has 0 aliphatic heterocycles. The van der Waals surface area contributed by atoms with E-state index in [4.69, 9.17) is 23.2 Å². The minimum Gasteiger partial charge on any atom is -0.0843 e. The highest BCUT2D eigenvalue weighted by Gasteiger charge is 2.06. The molecule has 0 aliphatic carbocycles. The average Bonchev–Trinajstić information content (AvgIpc) is 1.85. The Morgan fingerprint density at radius 1 is 1.18 bits per heavy atom. The average molecular weight is 319 g/mol. The van der Waals surface area contributed by atoms with E-state index in [9.17, 15) is 0 Å². The molecule has 0 aromatic heterocycles. The molecule has 4 heteroatoms. The molecule has 0 radical (unpaired) electrons. The summed E-state index contributed by atoms with van der Waals surface area (Å²) in [5.41, 5.74) is 0.982. The molecule has 0 N–H and O–H groups in total. The molecule has 1 rings (SSSR count). The number of rotatable bonds is 1. The normalized spacial score (nSPS) is 10.6. The monoisotopic (exact) mass is 316 g/mol. The first-order valence-electron chi connectivity index (χ1n) is 2.84. The van der Waals surface area contributed by atoms with E-state index in [2.05, 4.69) is 31.9 Å². The summed E-state index contributed by atoms with van der Waals surface area (Å²) in [6.45, 7) is 0. The van der Waals surface area contributed by atoms with Gasteiger partial charge >= 0.3 is 0 Å². The zero-order valence-corrected chi connectivity index (χ0v) is 10.0. The number of hydrogen-bond acceptors (Lipinski definition) is 0. The van der Waals surface area contributed by atoms with Gasteiger partial charge in [0.15, 0.2) is 0 Å². The Labute approximate surface area is 92.1 Å². The van der Waals surface area contributed by atoms with Crippen LogP contribution in [0.2, 0.25) is 10.0 Å². The van der Waals surface area contributed by atoms with Gasteiger partial charge in [-0.15, -0.1) is 0 Å². The van der Waals surface area contributed by atoms with Gasteiger partial charge in [-0.05, 0) is 17.7 Å². The van der Waals surface area contributed by atoms with Crippen molar-refractivity contribution in [2.24, 2.45) is 0 Å². The van der Waals surface area contributed by atoms with Gasteiger partial charge in [0.1, 0.15) is 0 Å². The highest BCUT2D eigenvalue weighted by molar-refractivity contribution is 9.24. The summed E-state index contributed by atoms with van der Waals surface area (Å²) in [5.74, 6) is 0. The Bertz CT molecular complexity index is 261. The summed E-state index contributed by atoms with van der Waals surface area (Å²) in [6, 6.07) is 5.39. The van der Waals surface area contributed by atoms with Crippen LogP contribution in [0.1, 0.15) is 9.30 Å². The molecule has 0 saturated carbocycles. The van der Waals surface area contributed by atoms with Crippen LogP contribution in [-0.2, 0) is 0 Å². The first-order valence-corrected chi connectivity index (χ1v) is 5.43. The van der Waals surface area contributed by atoms with Crippen LogP contribution < -0.4 is 0 Å². The number of halogens is 4. The molecule has 60 valence electrons. The van der Waals surface area contributed by atoms with Gasteiger partial charge in [0, 0.05) is 10.0 Å². The standard InChI is InChI=1S/C7H4Br2Cl2/c8-7(9)5-2-1-4(10)3-6(5)11/h1-3,7H. The first kappa shape index (κ1) is 9.85. The van der Waals surface area contributed by atoms with Crippen LogP contribution in [0.15, 0.2) is 18.2 Å². The summed E-state index contributed by atoms with van der Waals surface area (Å²) in [4.78, 5) is 0. The molecular weight excluding hydrogens is 315 g/mol. The van der Waals surface area contributed by atoms with Crippen LogP contribution >= 0.6 is 55.1 Å². The Morgan fingerprint density at radius 3 is 2.27 bits per heavy atom. The van der Waals surface area contributed by atoms with E-state index < -0.39 is 0 Å². The Hall–Kier alpha value is 0.760. The van der Waals surface area contributed by atoms with Gasteiger partial charge < -0.3 is 0 Å². The minimum absolute atomic E-state index is 0.0831. The first-order chi connectivity index (χ1) is 5.11. The third-order valence-electron chi connectivity index (χ3n) is 1.20. The zero-order chi connectivity index (χ0) is 8.43. The topological polar surface area (TPSA) is 0 Å². The minimum atomic E-state index is 0.0831. The van der Waals surface area contributed by atoms with Crippen molar-refractivity contribution in [1.82, 2.24) is 0 Å². The van der Waals surface area contributed by atoms with Gasteiger partial charge in [-0.25, -0.2) is 0 Å². The highest BCUT2D eigenvalue weighted by atomic mass is 79.9. The smallest absolute Gasteiger partial charge is 0.0843 e. The Kier molecular flexibility index (Phi) is 3.69. The van der Waals surface area contributed by atoms with Gasteiger partial charge in [0.25, 0.3) is 0 Å². The second kappa shape index (κ2) is 4.13. The van der Waals surface area contributed by atoms with Crippen molar-refractivity contribution in [2.75, 3.05) is 0 Å². The predicted molar refractivity (Wildman–Crippen MR) is 57.1 cm³/mol. The summed E-state index contributed by atoms with van der Waals surface area (Å²) in [6.07, 6.45) is 0. The van der Waals surface area contributed by atoms with Crippen LogP contribution in [0.25, 0.3) is 0 Å². The van der Waals surface area contributed by atoms with Gasteiger partial charge in [0.2, 0.25) is 0 Å². The molecule has 0 spiro atoms. The maximum absolute atomic E-state index is 5.88. The lowest BCUT2D eigenvalue weighted by Crippen LogP contribution is -1.81. The van der Waals surface area contributed by atoms with Crippen molar-refractivity contribution < 1.29 is 0 Å². The lowest BCUT2D eigenvalue weighted by molar-refractivity contribution is 1.42. The van der Waals surface area contributed by atoms with E-state index in [-0.39, 0.29) is 3.74 Å². The van der Waals surface area contributed by atoms with Crippen molar-refractivity contribution in [3.63, 3.8) is 0 Å². The van der Waals surface area contributed by atoms with E-state index >= 15 is 0 Å². The van der Waals surface area contributed by atoms with Crippen LogP contribution in [0, 0.1) is 0 Å². The molecule has 0 nitrogen and oxygen atoms in total. The van der Waals surface area contributed by atoms with Gasteiger partial charge in [0.05, 0.1) is 3.74 Å². The van der Waals surface area contributed by atoms with Crippen molar-refractivity contribution in [1.29, 1.82) is 0 Å². The molecule has 0 amide bonds. The van der Waals surface area contributed by atoms with Crippen LogP contribution in [-0.4, -0.2) is 0 Å². The Morgan fingerprint density at radius 2 is 1.82 bits per heavy atom. The molecule has 1 aromatic rings. The van der Waals surface area contributed by atoms with Crippen LogP contribution in [0.5, 0.6) is 0 Å². The molecule has 0 saturated heterocycles. The third-order valence-corrected chi connectivity index (χ3v) is 2.75. The quantitative estimate of drug-likeness (QED) is 0.654. The molecule has 0 unspecified atom stereocenters. The van der Waals surface area contributed by atoms with Crippen LogP contribution in [0.4, 0.5) is 0 Å². The van der Waals surface area contributed by atoms with E-state index in [1.807, 2.05) is 6.07 Å². The third kappa shape index (κ3) is 2.62. The SMILES string of the molecule is Clc1ccc(C(Br)Br)c(Cl)c1. The summed E-state index contributed by atoms with van der Waals surface area (Å²) >= 11 is 18.3. The van der Waals surface area contributed by atoms with Crippen molar-refractivity contribution in [3.8, 4) is 0 Å². The molecule has 0 atom stereocenters. The maximum Gasteiger partial charge on any atom is 0.0960 e. The Balaban J connectivity index is 3.09. The van der Waals surface area contributed by atoms with E-state index in [0.717, 1.165) is 5.56 Å². The largest absolute Gasteiger partial charge is 0.0960 e. The van der Waals surface area contributed by atoms with Crippen molar-refractivity contribution in [3.05, 3.63) is 33.8 Å². The zero-order valence-electron chi connectivity index (χ0n) is 5.32. The van der Waals surface area contributed by atoms with Gasteiger partial charge in [-0.3, -0.25) is 0 Å². The van der Waals surface area contributed by atoms with Crippen molar-refractivity contribution in [2.45, 2.75) is 3.74 Å². The molecule has 11 heavy (non-hydrogen) atoms. The molecule has 1 aromatic carbocycles. The fraction of sp³-hybridized carbons (Fsp3) is 0.143. The summed E-state index contributed by atoms with van der Waals surface area (Å²) in [5, 5.41) is 1.32. The molecule has 0 bridgehead atoms. The summed E-state index contributed by atoms with van der Waals surface area (Å²) < 4.78 is 0.0831. The molecule has 0 aliphatic rings. The lowest BCUT2D eigenvalue weighted by Gasteiger charge is -2.04. The van der Waals surface area contributed by atoms with Crippen molar-refractivity contribution >= 4 is 55.1 Å². The number of hydrogen-bond donors (Lipinski definition) is 0. The van der Waals surface area contributed by atoms with E-state index in [1.54, 1.807) is 12.1 Å². The highest BCUT2D eigenvalue weighted by Crippen LogP contribution is 2.35. The van der Waals surface area contributed by atoms with E-state index in [1.165, 1.54) is 0 Å². The number of benzene rings is 1. The van der Waals surface area contributed by atoms with Gasteiger partial charge in [-0.2, -0.15) is 0 Å². The summed E-state index contributed by atoms with van der Waals surface area (Å²) in [7, 11) is 0. The molecular formula is C7H4Br2Cl2. The van der Waals surface area contributed by atoms with Gasteiger partial charge in [-0.1, -0.05) is 61.1 Å². The maximum atomic E-state index is 5.88. The fourth-order valence-corrected chi connectivity index (χ4v) is 2.26. The molecule has 0 heterocycles. The second-order valence-electron chi connectivity index (χ2n) is 1.97.